The number of thiocarbonyl (C=S) groups is 1. The SMILES string of the molecule is CCN(CCC(N)=S)C(=O)c1ccc(Cl)c(C)c1. The maximum absolute atomic E-state index is 12.3. The van der Waals surface area contributed by atoms with Crippen LogP contribution >= 0.6 is 23.8 Å². The second-order valence-corrected chi connectivity index (χ2v) is 5.00. The lowest BCUT2D eigenvalue weighted by atomic mass is 10.1. The minimum atomic E-state index is -0.0199. The van der Waals surface area contributed by atoms with Crippen molar-refractivity contribution in [1.82, 2.24) is 4.90 Å². The fourth-order valence-corrected chi connectivity index (χ4v) is 1.82. The first-order valence-electron chi connectivity index (χ1n) is 5.79. The molecule has 3 nitrogen and oxygen atoms in total. The van der Waals surface area contributed by atoms with Gasteiger partial charge < -0.3 is 10.6 Å². The van der Waals surface area contributed by atoms with E-state index in [2.05, 4.69) is 0 Å². The highest BCUT2D eigenvalue weighted by Crippen LogP contribution is 2.17. The van der Waals surface area contributed by atoms with Gasteiger partial charge in [0.15, 0.2) is 0 Å². The van der Waals surface area contributed by atoms with Gasteiger partial charge in [-0.05, 0) is 37.6 Å². The molecule has 0 fully saturated rings. The van der Waals surface area contributed by atoms with Gasteiger partial charge >= 0.3 is 0 Å². The Balaban J connectivity index is 2.82. The van der Waals surface area contributed by atoms with Crippen LogP contribution in [-0.2, 0) is 0 Å². The average molecular weight is 285 g/mol. The van der Waals surface area contributed by atoms with E-state index in [9.17, 15) is 4.79 Å². The first kappa shape index (κ1) is 14.9. The Hall–Kier alpha value is -1.13. The van der Waals surface area contributed by atoms with Crippen molar-refractivity contribution in [3.8, 4) is 0 Å². The molecule has 0 aliphatic rings. The Kier molecular flexibility index (Phi) is 5.56. The number of carbonyl (C=O) groups is 1. The highest BCUT2D eigenvalue weighted by Gasteiger charge is 2.14. The predicted octanol–water partition coefficient (Wildman–Crippen LogP) is 2.79. The number of carbonyl (C=O) groups excluding carboxylic acids is 1. The zero-order chi connectivity index (χ0) is 13.7. The molecular formula is C13H17ClN2OS. The molecule has 5 heteroatoms. The van der Waals surface area contributed by atoms with Gasteiger partial charge in [-0.1, -0.05) is 23.8 Å². The summed E-state index contributed by atoms with van der Waals surface area (Å²) in [7, 11) is 0. The molecule has 0 radical (unpaired) electrons. The molecule has 98 valence electrons. The topological polar surface area (TPSA) is 46.3 Å². The van der Waals surface area contributed by atoms with Crippen LogP contribution in [0.2, 0.25) is 5.02 Å². The van der Waals surface area contributed by atoms with Gasteiger partial charge in [0.05, 0.1) is 4.99 Å². The van der Waals surface area contributed by atoms with Crippen LogP contribution in [0.5, 0.6) is 0 Å². The number of aryl methyl sites for hydroxylation is 1. The van der Waals surface area contributed by atoms with Crippen molar-refractivity contribution >= 4 is 34.7 Å². The highest BCUT2D eigenvalue weighted by atomic mass is 35.5. The smallest absolute Gasteiger partial charge is 0.253 e. The molecule has 18 heavy (non-hydrogen) atoms. The standard InChI is InChI=1S/C13H17ClN2OS/c1-3-16(7-6-12(15)18)13(17)10-4-5-11(14)9(2)8-10/h4-5,8H,3,6-7H2,1-2H3,(H2,15,18). The first-order valence-corrected chi connectivity index (χ1v) is 6.58. The van der Waals surface area contributed by atoms with E-state index in [1.807, 2.05) is 13.8 Å². The van der Waals surface area contributed by atoms with Gasteiger partial charge in [-0.2, -0.15) is 0 Å². The van der Waals surface area contributed by atoms with Gasteiger partial charge in [0, 0.05) is 30.1 Å². The van der Waals surface area contributed by atoms with Crippen LogP contribution in [0.25, 0.3) is 0 Å². The second-order valence-electron chi connectivity index (χ2n) is 4.07. The van der Waals surface area contributed by atoms with Crippen LogP contribution in [-0.4, -0.2) is 28.9 Å². The van der Waals surface area contributed by atoms with Crippen molar-refractivity contribution in [3.05, 3.63) is 34.3 Å². The van der Waals surface area contributed by atoms with Gasteiger partial charge in [-0.25, -0.2) is 0 Å². The molecule has 0 saturated carbocycles. The Morgan fingerprint density at radius 3 is 2.67 bits per heavy atom. The third-order valence-electron chi connectivity index (χ3n) is 2.70. The second kappa shape index (κ2) is 6.71. The Morgan fingerprint density at radius 1 is 1.50 bits per heavy atom. The average Bonchev–Trinajstić information content (AvgIpc) is 2.32. The summed E-state index contributed by atoms with van der Waals surface area (Å²) in [4.78, 5) is 14.4. The zero-order valence-corrected chi connectivity index (χ0v) is 12.1. The molecule has 0 heterocycles. The zero-order valence-electron chi connectivity index (χ0n) is 10.6. The molecule has 0 atom stereocenters. The Morgan fingerprint density at radius 2 is 2.17 bits per heavy atom. The summed E-state index contributed by atoms with van der Waals surface area (Å²) >= 11 is 10.8. The maximum atomic E-state index is 12.3. The maximum Gasteiger partial charge on any atom is 0.253 e. The van der Waals surface area contributed by atoms with Gasteiger partial charge in [0.25, 0.3) is 5.91 Å². The third kappa shape index (κ3) is 3.96. The Bertz CT molecular complexity index is 462. The van der Waals surface area contributed by atoms with E-state index >= 15 is 0 Å². The summed E-state index contributed by atoms with van der Waals surface area (Å²) in [6.45, 7) is 4.99. The molecule has 1 aromatic rings. The molecule has 1 amide bonds. The molecule has 0 saturated heterocycles. The molecule has 2 N–H and O–H groups in total. The summed E-state index contributed by atoms with van der Waals surface area (Å²) in [6, 6.07) is 5.28. The molecule has 0 aromatic heterocycles. The summed E-state index contributed by atoms with van der Waals surface area (Å²) in [5.74, 6) is -0.0199. The van der Waals surface area contributed by atoms with Crippen LogP contribution in [0.1, 0.15) is 29.3 Å². The van der Waals surface area contributed by atoms with E-state index in [-0.39, 0.29) is 5.91 Å². The normalized spacial score (nSPS) is 10.2. The van der Waals surface area contributed by atoms with E-state index in [4.69, 9.17) is 29.6 Å². The highest BCUT2D eigenvalue weighted by molar-refractivity contribution is 7.80. The van der Waals surface area contributed by atoms with E-state index in [0.717, 1.165) is 5.56 Å². The van der Waals surface area contributed by atoms with Crippen molar-refractivity contribution in [2.45, 2.75) is 20.3 Å². The molecule has 0 spiro atoms. The predicted molar refractivity (Wildman–Crippen MR) is 79.2 cm³/mol. The lowest BCUT2D eigenvalue weighted by Gasteiger charge is -2.21. The molecule has 0 bridgehead atoms. The number of nitrogens with zero attached hydrogens (tertiary/aromatic N) is 1. The molecule has 0 unspecified atom stereocenters. The molecule has 1 aromatic carbocycles. The van der Waals surface area contributed by atoms with E-state index in [0.29, 0.717) is 35.1 Å². The Labute approximate surface area is 118 Å². The monoisotopic (exact) mass is 284 g/mol. The van der Waals surface area contributed by atoms with E-state index < -0.39 is 0 Å². The number of hydrogen-bond acceptors (Lipinski definition) is 2. The number of halogens is 1. The summed E-state index contributed by atoms with van der Waals surface area (Å²) in [5, 5.41) is 0.665. The molecule has 0 aliphatic carbocycles. The fourth-order valence-electron chi connectivity index (χ4n) is 1.61. The number of amides is 1. The van der Waals surface area contributed by atoms with Crippen molar-refractivity contribution in [2.24, 2.45) is 5.73 Å². The van der Waals surface area contributed by atoms with E-state index in [1.165, 1.54) is 0 Å². The third-order valence-corrected chi connectivity index (χ3v) is 3.33. The van der Waals surface area contributed by atoms with Crippen LogP contribution in [0.4, 0.5) is 0 Å². The fraction of sp³-hybridized carbons (Fsp3) is 0.385. The lowest BCUT2D eigenvalue weighted by molar-refractivity contribution is 0.0769. The van der Waals surface area contributed by atoms with Crippen LogP contribution in [0.3, 0.4) is 0 Å². The van der Waals surface area contributed by atoms with Crippen LogP contribution in [0.15, 0.2) is 18.2 Å². The minimum absolute atomic E-state index is 0.0199. The minimum Gasteiger partial charge on any atom is -0.393 e. The summed E-state index contributed by atoms with van der Waals surface area (Å²) < 4.78 is 0. The van der Waals surface area contributed by atoms with Crippen molar-refractivity contribution in [3.63, 3.8) is 0 Å². The van der Waals surface area contributed by atoms with Gasteiger partial charge in [0.1, 0.15) is 0 Å². The van der Waals surface area contributed by atoms with E-state index in [1.54, 1.807) is 23.1 Å². The van der Waals surface area contributed by atoms with Crippen LogP contribution < -0.4 is 5.73 Å². The summed E-state index contributed by atoms with van der Waals surface area (Å²) in [6.07, 6.45) is 0.543. The largest absolute Gasteiger partial charge is 0.393 e. The number of nitrogens with two attached hydrogens (primary N) is 1. The molecular weight excluding hydrogens is 268 g/mol. The number of hydrogen-bond donors (Lipinski definition) is 1. The number of rotatable bonds is 5. The van der Waals surface area contributed by atoms with Gasteiger partial charge in [0.2, 0.25) is 0 Å². The van der Waals surface area contributed by atoms with Crippen molar-refractivity contribution < 1.29 is 4.79 Å². The van der Waals surface area contributed by atoms with Crippen molar-refractivity contribution in [1.29, 1.82) is 0 Å². The van der Waals surface area contributed by atoms with Gasteiger partial charge in [-0.15, -0.1) is 0 Å². The molecule has 1 rings (SSSR count). The van der Waals surface area contributed by atoms with Crippen molar-refractivity contribution in [2.75, 3.05) is 13.1 Å². The van der Waals surface area contributed by atoms with Crippen LogP contribution in [0, 0.1) is 6.92 Å². The lowest BCUT2D eigenvalue weighted by Crippen LogP contribution is -2.33. The quantitative estimate of drug-likeness (QED) is 0.846. The summed E-state index contributed by atoms with van der Waals surface area (Å²) in [5.41, 5.74) is 6.99. The van der Waals surface area contributed by atoms with Gasteiger partial charge in [-0.3, -0.25) is 4.79 Å². The first-order chi connectivity index (χ1) is 8.45. The molecule has 0 aliphatic heterocycles. The number of benzene rings is 1.